The van der Waals surface area contributed by atoms with E-state index in [-0.39, 0.29) is 5.54 Å². The molecule has 1 aliphatic heterocycles. The van der Waals surface area contributed by atoms with E-state index in [1.165, 1.54) is 0 Å². The van der Waals surface area contributed by atoms with E-state index in [0.717, 1.165) is 37.1 Å². The highest BCUT2D eigenvalue weighted by Crippen LogP contribution is 2.34. The minimum atomic E-state index is -0.150. The molecule has 1 aliphatic rings. The highest BCUT2D eigenvalue weighted by atomic mass is 16.5. The lowest BCUT2D eigenvalue weighted by molar-refractivity contribution is 0.250. The Morgan fingerprint density at radius 3 is 3.00 bits per heavy atom. The summed E-state index contributed by atoms with van der Waals surface area (Å²) in [5.41, 5.74) is 0.767. The van der Waals surface area contributed by atoms with Gasteiger partial charge in [-0.15, -0.1) is 0 Å². The molecule has 0 radical (unpaired) electrons. The molecule has 3 rings (SSSR count). The Balaban J connectivity index is 1.89. The second-order valence-corrected chi connectivity index (χ2v) is 5.35. The first-order valence-electron chi connectivity index (χ1n) is 7.60. The Kier molecular flexibility index (Phi) is 3.92. The maximum Gasteiger partial charge on any atom is 0.247 e. The molecule has 1 unspecified atom stereocenters. The molecule has 5 heteroatoms. The zero-order chi connectivity index (χ0) is 14.7. The van der Waals surface area contributed by atoms with Gasteiger partial charge >= 0.3 is 0 Å². The second kappa shape index (κ2) is 5.85. The third-order valence-corrected chi connectivity index (χ3v) is 4.09. The fourth-order valence-electron chi connectivity index (χ4n) is 2.87. The SMILES string of the molecule is CCOc1cccc(-c2noc(C3(CC)CCCN3)n2)c1. The normalized spacial score (nSPS) is 21.6. The van der Waals surface area contributed by atoms with Gasteiger partial charge in [0.05, 0.1) is 12.1 Å². The minimum Gasteiger partial charge on any atom is -0.494 e. The van der Waals surface area contributed by atoms with Gasteiger partial charge < -0.3 is 14.6 Å². The number of hydrogen-bond donors (Lipinski definition) is 1. The smallest absolute Gasteiger partial charge is 0.247 e. The van der Waals surface area contributed by atoms with Crippen LogP contribution in [0.3, 0.4) is 0 Å². The molecule has 0 aliphatic carbocycles. The molecule has 0 saturated carbocycles. The Bertz CT molecular complexity index is 603. The van der Waals surface area contributed by atoms with Gasteiger partial charge in [-0.2, -0.15) is 4.98 Å². The molecule has 2 heterocycles. The lowest BCUT2D eigenvalue weighted by Gasteiger charge is -2.22. The largest absolute Gasteiger partial charge is 0.494 e. The quantitative estimate of drug-likeness (QED) is 0.915. The van der Waals surface area contributed by atoms with Crippen LogP contribution < -0.4 is 10.1 Å². The van der Waals surface area contributed by atoms with Crippen molar-refractivity contribution in [3.05, 3.63) is 30.2 Å². The third-order valence-electron chi connectivity index (χ3n) is 4.09. The van der Waals surface area contributed by atoms with Crippen LogP contribution in [-0.4, -0.2) is 23.3 Å². The number of benzene rings is 1. The molecule has 0 spiro atoms. The number of ether oxygens (including phenoxy) is 1. The summed E-state index contributed by atoms with van der Waals surface area (Å²) in [6, 6.07) is 7.79. The summed E-state index contributed by atoms with van der Waals surface area (Å²) in [6.07, 6.45) is 3.14. The van der Waals surface area contributed by atoms with Crippen LogP contribution in [0.15, 0.2) is 28.8 Å². The molecule has 0 amide bonds. The van der Waals surface area contributed by atoms with Crippen molar-refractivity contribution >= 4 is 0 Å². The molecular formula is C16H21N3O2. The average Bonchev–Trinajstić information content (AvgIpc) is 3.18. The van der Waals surface area contributed by atoms with Crippen LogP contribution in [0.5, 0.6) is 5.75 Å². The van der Waals surface area contributed by atoms with Gasteiger partial charge in [0.25, 0.3) is 0 Å². The molecule has 1 saturated heterocycles. The standard InChI is InChI=1S/C16H21N3O2/c1-3-16(9-6-10-17-16)15-18-14(19-21-15)12-7-5-8-13(11-12)20-4-2/h5,7-8,11,17H,3-4,6,9-10H2,1-2H3. The monoisotopic (exact) mass is 287 g/mol. The molecule has 1 aromatic carbocycles. The molecule has 21 heavy (non-hydrogen) atoms. The second-order valence-electron chi connectivity index (χ2n) is 5.35. The van der Waals surface area contributed by atoms with E-state index in [4.69, 9.17) is 9.26 Å². The molecule has 1 aromatic heterocycles. The molecule has 112 valence electrons. The highest BCUT2D eigenvalue weighted by Gasteiger charge is 2.38. The maximum absolute atomic E-state index is 5.53. The predicted octanol–water partition coefficient (Wildman–Crippen LogP) is 3.12. The number of nitrogens with one attached hydrogen (secondary N) is 1. The third kappa shape index (κ3) is 2.65. The first-order chi connectivity index (χ1) is 10.3. The summed E-state index contributed by atoms with van der Waals surface area (Å²) in [4.78, 5) is 4.61. The first kappa shape index (κ1) is 14.1. The van der Waals surface area contributed by atoms with Gasteiger partial charge in [0.15, 0.2) is 0 Å². The highest BCUT2D eigenvalue weighted by molar-refractivity contribution is 5.57. The summed E-state index contributed by atoms with van der Waals surface area (Å²) >= 11 is 0. The molecule has 0 bridgehead atoms. The summed E-state index contributed by atoms with van der Waals surface area (Å²) in [5.74, 6) is 2.14. The predicted molar refractivity (Wildman–Crippen MR) is 80.1 cm³/mol. The van der Waals surface area contributed by atoms with Gasteiger partial charge in [0, 0.05) is 5.56 Å². The summed E-state index contributed by atoms with van der Waals surface area (Å²) in [5, 5.41) is 7.66. The van der Waals surface area contributed by atoms with E-state index in [9.17, 15) is 0 Å². The Morgan fingerprint density at radius 1 is 1.38 bits per heavy atom. The summed E-state index contributed by atoms with van der Waals surface area (Å²) in [7, 11) is 0. The molecule has 5 nitrogen and oxygen atoms in total. The van der Waals surface area contributed by atoms with E-state index in [1.54, 1.807) is 0 Å². The van der Waals surface area contributed by atoms with Crippen LogP contribution in [0, 0.1) is 0 Å². The van der Waals surface area contributed by atoms with Crippen LogP contribution in [-0.2, 0) is 5.54 Å². The summed E-state index contributed by atoms with van der Waals surface area (Å²) < 4.78 is 11.0. The number of nitrogens with zero attached hydrogens (tertiary/aromatic N) is 2. The number of hydrogen-bond acceptors (Lipinski definition) is 5. The van der Waals surface area contributed by atoms with Crippen molar-refractivity contribution in [1.82, 2.24) is 15.5 Å². The molecule has 1 atom stereocenters. The fourth-order valence-corrected chi connectivity index (χ4v) is 2.87. The van der Waals surface area contributed by atoms with Gasteiger partial charge in [-0.25, -0.2) is 0 Å². The molecule has 1 N–H and O–H groups in total. The molecule has 2 aromatic rings. The first-order valence-corrected chi connectivity index (χ1v) is 7.60. The van der Waals surface area contributed by atoms with E-state index in [2.05, 4.69) is 22.4 Å². The van der Waals surface area contributed by atoms with Crippen molar-refractivity contribution in [3.63, 3.8) is 0 Å². The van der Waals surface area contributed by atoms with Crippen molar-refractivity contribution in [3.8, 4) is 17.1 Å². The van der Waals surface area contributed by atoms with Crippen LogP contribution in [0.1, 0.15) is 39.0 Å². The van der Waals surface area contributed by atoms with Gasteiger partial charge in [-0.05, 0) is 44.9 Å². The Labute approximate surface area is 124 Å². The molecular weight excluding hydrogens is 266 g/mol. The van der Waals surface area contributed by atoms with Gasteiger partial charge in [0.1, 0.15) is 5.75 Å². The van der Waals surface area contributed by atoms with E-state index < -0.39 is 0 Å². The van der Waals surface area contributed by atoms with Crippen molar-refractivity contribution in [1.29, 1.82) is 0 Å². The van der Waals surface area contributed by atoms with Crippen molar-refractivity contribution in [2.24, 2.45) is 0 Å². The van der Waals surface area contributed by atoms with Crippen molar-refractivity contribution in [2.45, 2.75) is 38.6 Å². The van der Waals surface area contributed by atoms with E-state index >= 15 is 0 Å². The van der Waals surface area contributed by atoms with Crippen LogP contribution in [0.4, 0.5) is 0 Å². The summed E-state index contributed by atoms with van der Waals surface area (Å²) in [6.45, 7) is 5.77. The number of aromatic nitrogens is 2. The van der Waals surface area contributed by atoms with E-state index in [0.29, 0.717) is 18.3 Å². The van der Waals surface area contributed by atoms with Gasteiger partial charge in [0.2, 0.25) is 11.7 Å². The van der Waals surface area contributed by atoms with E-state index in [1.807, 2.05) is 31.2 Å². The van der Waals surface area contributed by atoms with Crippen molar-refractivity contribution in [2.75, 3.05) is 13.2 Å². The van der Waals surface area contributed by atoms with Gasteiger partial charge in [-0.1, -0.05) is 24.2 Å². The Hall–Kier alpha value is -1.88. The van der Waals surface area contributed by atoms with Crippen LogP contribution in [0.2, 0.25) is 0 Å². The zero-order valence-corrected chi connectivity index (χ0v) is 12.6. The Morgan fingerprint density at radius 2 is 2.29 bits per heavy atom. The molecule has 1 fully saturated rings. The number of rotatable bonds is 5. The van der Waals surface area contributed by atoms with Crippen LogP contribution in [0.25, 0.3) is 11.4 Å². The topological polar surface area (TPSA) is 60.2 Å². The minimum absolute atomic E-state index is 0.150. The zero-order valence-electron chi connectivity index (χ0n) is 12.6. The van der Waals surface area contributed by atoms with Crippen LogP contribution >= 0.6 is 0 Å². The van der Waals surface area contributed by atoms with Gasteiger partial charge in [-0.3, -0.25) is 0 Å². The average molecular weight is 287 g/mol. The fraction of sp³-hybridized carbons (Fsp3) is 0.500. The maximum atomic E-state index is 5.53. The van der Waals surface area contributed by atoms with Crippen molar-refractivity contribution < 1.29 is 9.26 Å². The lowest BCUT2D eigenvalue weighted by Crippen LogP contribution is -2.36. The lowest BCUT2D eigenvalue weighted by atomic mass is 9.94.